The second kappa shape index (κ2) is 8.95. The molecule has 2 aromatic rings. The van der Waals surface area contributed by atoms with E-state index in [0.29, 0.717) is 18.0 Å². The Balaban J connectivity index is 1.70. The van der Waals surface area contributed by atoms with Gasteiger partial charge in [0.25, 0.3) is 5.91 Å². The van der Waals surface area contributed by atoms with Crippen LogP contribution in [0, 0.1) is 6.92 Å². The maximum Gasteiger partial charge on any atom is 0.263 e. The number of anilines is 2. The minimum Gasteiger partial charge on any atom is -0.476 e. The molecule has 0 bridgehead atoms. The van der Waals surface area contributed by atoms with E-state index < -0.39 is 16.1 Å². The van der Waals surface area contributed by atoms with Crippen LogP contribution in [0.5, 0.6) is 5.75 Å². The molecule has 1 aliphatic heterocycles. The molecule has 162 valence electrons. The van der Waals surface area contributed by atoms with Crippen molar-refractivity contribution in [1.82, 2.24) is 5.32 Å². The van der Waals surface area contributed by atoms with Gasteiger partial charge in [0.1, 0.15) is 5.75 Å². The summed E-state index contributed by atoms with van der Waals surface area (Å²) in [5, 5.41) is 2.86. The smallest absolute Gasteiger partial charge is 0.263 e. The van der Waals surface area contributed by atoms with Crippen molar-refractivity contribution < 1.29 is 17.9 Å². The van der Waals surface area contributed by atoms with Crippen molar-refractivity contribution in [2.45, 2.75) is 33.4 Å². The topological polar surface area (TPSA) is 79.0 Å². The summed E-state index contributed by atoms with van der Waals surface area (Å²) < 4.78 is 31.6. The van der Waals surface area contributed by atoms with Gasteiger partial charge in [-0.2, -0.15) is 0 Å². The molecule has 0 saturated carbocycles. The number of carbonyl (C=O) groups is 1. The van der Waals surface area contributed by atoms with E-state index >= 15 is 0 Å². The Morgan fingerprint density at radius 1 is 1.17 bits per heavy atom. The lowest BCUT2D eigenvalue weighted by molar-refractivity contribution is -0.127. The van der Waals surface area contributed by atoms with Crippen molar-refractivity contribution in [3.8, 4) is 5.75 Å². The first-order valence-corrected chi connectivity index (χ1v) is 11.9. The number of rotatable bonds is 7. The Morgan fingerprint density at radius 2 is 1.83 bits per heavy atom. The summed E-state index contributed by atoms with van der Waals surface area (Å²) in [4.78, 5) is 15.0. The minimum absolute atomic E-state index is 0.0539. The summed E-state index contributed by atoms with van der Waals surface area (Å²) in [6.07, 6.45) is 0.220. The number of ether oxygens (including phenoxy) is 1. The number of carbonyl (C=O) groups excluding carboxylic acids is 1. The van der Waals surface area contributed by atoms with Gasteiger partial charge in [0.15, 0.2) is 6.10 Å². The lowest BCUT2D eigenvalue weighted by Crippen LogP contribution is -2.50. The van der Waals surface area contributed by atoms with Crippen LogP contribution >= 0.6 is 0 Å². The molecule has 0 aliphatic carbocycles. The van der Waals surface area contributed by atoms with E-state index in [9.17, 15) is 13.2 Å². The van der Waals surface area contributed by atoms with Gasteiger partial charge in [-0.1, -0.05) is 18.2 Å². The third-order valence-electron chi connectivity index (χ3n) is 5.21. The molecule has 1 amide bonds. The van der Waals surface area contributed by atoms with Crippen molar-refractivity contribution in [3.63, 3.8) is 0 Å². The number of benzene rings is 2. The van der Waals surface area contributed by atoms with E-state index in [4.69, 9.17) is 4.74 Å². The molecule has 1 heterocycles. The first-order chi connectivity index (χ1) is 14.2. The lowest BCUT2D eigenvalue weighted by Gasteiger charge is -2.34. The molecule has 8 heteroatoms. The van der Waals surface area contributed by atoms with Gasteiger partial charge in [-0.15, -0.1) is 0 Å². The molecule has 0 aromatic heterocycles. The fourth-order valence-corrected chi connectivity index (χ4v) is 4.44. The number of fused-ring (bicyclic) bond motifs is 1. The number of hydrogen-bond acceptors (Lipinski definition) is 5. The Hall–Kier alpha value is -2.74. The third kappa shape index (κ3) is 4.87. The highest BCUT2D eigenvalue weighted by Crippen LogP contribution is 2.35. The molecular formula is C22H29N3O4S. The van der Waals surface area contributed by atoms with Gasteiger partial charge in [-0.05, 0) is 56.2 Å². The average molecular weight is 432 g/mol. The Morgan fingerprint density at radius 3 is 2.43 bits per heavy atom. The van der Waals surface area contributed by atoms with Gasteiger partial charge in [-0.25, -0.2) is 8.42 Å². The number of aryl methyl sites for hydroxylation is 1. The summed E-state index contributed by atoms with van der Waals surface area (Å²) in [5.74, 6) is 0.0547. The largest absolute Gasteiger partial charge is 0.476 e. The van der Waals surface area contributed by atoms with Gasteiger partial charge >= 0.3 is 0 Å². The Kier molecular flexibility index (Phi) is 6.55. The van der Waals surface area contributed by atoms with Crippen LogP contribution in [0.1, 0.15) is 25.0 Å². The normalized spacial score (nSPS) is 15.9. The molecule has 0 radical (unpaired) electrons. The number of nitrogens with zero attached hydrogens (tertiary/aromatic N) is 2. The Labute approximate surface area is 178 Å². The van der Waals surface area contributed by atoms with Crippen LogP contribution in [0.2, 0.25) is 0 Å². The van der Waals surface area contributed by atoms with E-state index in [1.807, 2.05) is 37.3 Å². The van der Waals surface area contributed by atoms with Crippen LogP contribution in [0.15, 0.2) is 42.5 Å². The van der Waals surface area contributed by atoms with Crippen molar-refractivity contribution >= 4 is 27.3 Å². The van der Waals surface area contributed by atoms with Gasteiger partial charge in [0.05, 0.1) is 18.5 Å². The highest BCUT2D eigenvalue weighted by atomic mass is 32.2. The van der Waals surface area contributed by atoms with Gasteiger partial charge < -0.3 is 15.0 Å². The Bertz CT molecular complexity index is 1000. The summed E-state index contributed by atoms with van der Waals surface area (Å²) >= 11 is 0. The fraction of sp³-hybridized carbons (Fsp3) is 0.409. The highest BCUT2D eigenvalue weighted by Gasteiger charge is 2.34. The van der Waals surface area contributed by atoms with E-state index in [2.05, 4.69) is 24.1 Å². The minimum atomic E-state index is -3.54. The van der Waals surface area contributed by atoms with Crippen LogP contribution in [0.3, 0.4) is 0 Å². The number of sulfonamides is 1. The molecule has 0 saturated heterocycles. The van der Waals surface area contributed by atoms with Gasteiger partial charge in [0.2, 0.25) is 10.0 Å². The molecule has 1 aliphatic rings. The summed E-state index contributed by atoms with van der Waals surface area (Å²) in [7, 11) is -3.54. The number of hydrogen-bond donors (Lipinski definition) is 1. The molecular weight excluding hydrogens is 402 g/mol. The quantitative estimate of drug-likeness (QED) is 0.729. The predicted octanol–water partition coefficient (Wildman–Crippen LogP) is 2.68. The molecule has 30 heavy (non-hydrogen) atoms. The molecule has 0 fully saturated rings. The summed E-state index contributed by atoms with van der Waals surface area (Å²) in [6.45, 7) is 8.27. The third-order valence-corrected chi connectivity index (χ3v) is 6.36. The van der Waals surface area contributed by atoms with E-state index in [0.717, 1.165) is 36.2 Å². The van der Waals surface area contributed by atoms with Crippen LogP contribution < -0.4 is 19.3 Å². The zero-order valence-electron chi connectivity index (χ0n) is 17.9. The maximum absolute atomic E-state index is 12.7. The van der Waals surface area contributed by atoms with Crippen LogP contribution in [0.4, 0.5) is 11.4 Å². The standard InChI is InChI=1S/C22H29N3O4S/c1-5-24(6-2)18-10-8-17(9-11-18)14-23-22(26)21-15-25(30(4,27)28)19-12-7-16(3)13-20(19)29-21/h7-13,21H,5-6,14-15H2,1-4H3,(H,23,26)/t21-/m1/s1. The maximum atomic E-state index is 12.7. The first kappa shape index (κ1) is 22.0. The molecule has 1 atom stereocenters. The van der Waals surface area contributed by atoms with Crippen LogP contribution in [-0.2, 0) is 21.4 Å². The first-order valence-electron chi connectivity index (χ1n) is 10.1. The second-order valence-electron chi connectivity index (χ2n) is 7.43. The van der Waals surface area contributed by atoms with E-state index in [1.165, 1.54) is 4.31 Å². The van der Waals surface area contributed by atoms with Crippen molar-refractivity contribution in [2.75, 3.05) is 35.1 Å². The molecule has 2 aromatic carbocycles. The van der Waals surface area contributed by atoms with Gasteiger partial charge in [-0.3, -0.25) is 9.10 Å². The molecule has 0 spiro atoms. The van der Waals surface area contributed by atoms with Crippen LogP contribution in [0.25, 0.3) is 0 Å². The fourth-order valence-electron chi connectivity index (χ4n) is 3.53. The van der Waals surface area contributed by atoms with Crippen molar-refractivity contribution in [3.05, 3.63) is 53.6 Å². The molecule has 7 nitrogen and oxygen atoms in total. The summed E-state index contributed by atoms with van der Waals surface area (Å²) in [5.41, 5.74) is 3.49. The van der Waals surface area contributed by atoms with E-state index in [-0.39, 0.29) is 12.5 Å². The average Bonchev–Trinajstić information content (AvgIpc) is 2.72. The zero-order chi connectivity index (χ0) is 21.9. The monoisotopic (exact) mass is 431 g/mol. The van der Waals surface area contributed by atoms with E-state index in [1.54, 1.807) is 12.1 Å². The number of amides is 1. The summed E-state index contributed by atoms with van der Waals surface area (Å²) in [6, 6.07) is 13.3. The second-order valence-corrected chi connectivity index (χ2v) is 9.34. The van der Waals surface area contributed by atoms with Crippen molar-refractivity contribution in [1.29, 1.82) is 0 Å². The zero-order valence-corrected chi connectivity index (χ0v) is 18.7. The van der Waals surface area contributed by atoms with Crippen molar-refractivity contribution in [2.24, 2.45) is 0 Å². The highest BCUT2D eigenvalue weighted by molar-refractivity contribution is 7.92. The van der Waals surface area contributed by atoms with Crippen LogP contribution in [-0.4, -0.2) is 46.3 Å². The molecule has 1 N–H and O–H groups in total. The molecule has 3 rings (SSSR count). The molecule has 0 unspecified atom stereocenters. The SMILES string of the molecule is CCN(CC)c1ccc(CNC(=O)[C@H]2CN(S(C)(=O)=O)c3ccc(C)cc3O2)cc1. The van der Waals surface area contributed by atoms with Gasteiger partial charge in [0, 0.05) is 25.3 Å². The lowest BCUT2D eigenvalue weighted by atomic mass is 10.1. The number of nitrogens with one attached hydrogen (secondary N) is 1. The predicted molar refractivity (Wildman–Crippen MR) is 120 cm³/mol.